The molecule has 6 nitrogen and oxygen atoms in total. The second-order valence-corrected chi connectivity index (χ2v) is 9.59. The van der Waals surface area contributed by atoms with Crippen molar-refractivity contribution in [1.82, 2.24) is 9.55 Å². The maximum atomic E-state index is 9.35. The summed E-state index contributed by atoms with van der Waals surface area (Å²) in [5.41, 5.74) is 4.19. The van der Waals surface area contributed by atoms with Gasteiger partial charge in [-0.3, -0.25) is 4.98 Å². The van der Waals surface area contributed by atoms with E-state index in [0.717, 1.165) is 66.4 Å². The topological polar surface area (TPSA) is 86.7 Å². The van der Waals surface area contributed by atoms with E-state index in [1.807, 2.05) is 30.5 Å². The predicted molar refractivity (Wildman–Crippen MR) is 138 cm³/mol. The Kier molecular flexibility index (Phi) is 7.71. The van der Waals surface area contributed by atoms with Crippen LogP contribution in [-0.2, 0) is 23.1 Å². The summed E-state index contributed by atoms with van der Waals surface area (Å²) in [6, 6.07) is 16.9. The van der Waals surface area contributed by atoms with E-state index in [-0.39, 0.29) is 6.54 Å². The Hall–Kier alpha value is -3.79. The number of benzene rings is 1. The van der Waals surface area contributed by atoms with E-state index in [1.165, 1.54) is 12.0 Å². The van der Waals surface area contributed by atoms with Gasteiger partial charge in [-0.15, -0.1) is 0 Å². The molecule has 1 fully saturated rings. The van der Waals surface area contributed by atoms with Crippen molar-refractivity contribution in [3.8, 4) is 24.0 Å². The Morgan fingerprint density at radius 3 is 2.69 bits per heavy atom. The van der Waals surface area contributed by atoms with Crippen molar-refractivity contribution < 1.29 is 4.74 Å². The molecular formula is C29H31N5O. The largest absolute Gasteiger partial charge is 0.381 e. The summed E-state index contributed by atoms with van der Waals surface area (Å²) >= 11 is 0. The highest BCUT2D eigenvalue weighted by atomic mass is 16.5. The van der Waals surface area contributed by atoms with E-state index in [2.05, 4.69) is 58.5 Å². The van der Waals surface area contributed by atoms with Crippen molar-refractivity contribution in [2.75, 3.05) is 25.1 Å². The van der Waals surface area contributed by atoms with Crippen LogP contribution in [-0.4, -0.2) is 29.3 Å². The Labute approximate surface area is 207 Å². The Morgan fingerprint density at radius 2 is 1.97 bits per heavy atom. The summed E-state index contributed by atoms with van der Waals surface area (Å²) in [6.07, 6.45) is 6.30. The second kappa shape index (κ2) is 11.1. The van der Waals surface area contributed by atoms with Gasteiger partial charge >= 0.3 is 0 Å². The number of aromatic nitrogens is 2. The summed E-state index contributed by atoms with van der Waals surface area (Å²) in [4.78, 5) is 4.40. The van der Waals surface area contributed by atoms with Crippen molar-refractivity contribution in [3.05, 3.63) is 59.5 Å². The molecule has 0 bridgehead atoms. The van der Waals surface area contributed by atoms with E-state index in [1.54, 1.807) is 6.20 Å². The number of fused-ring (bicyclic) bond motifs is 1. The number of nitriles is 2. The molecule has 0 spiro atoms. The summed E-state index contributed by atoms with van der Waals surface area (Å²) in [7, 11) is 0. The van der Waals surface area contributed by atoms with Crippen molar-refractivity contribution in [2.24, 2.45) is 5.92 Å². The van der Waals surface area contributed by atoms with Gasteiger partial charge in [0.2, 0.25) is 0 Å². The molecule has 1 N–H and O–H groups in total. The molecule has 178 valence electrons. The molecule has 35 heavy (non-hydrogen) atoms. The smallest absolute Gasteiger partial charge is 0.111 e. The molecule has 0 atom stereocenters. The van der Waals surface area contributed by atoms with E-state index in [0.29, 0.717) is 6.54 Å². The highest BCUT2D eigenvalue weighted by Crippen LogP contribution is 2.25. The lowest BCUT2D eigenvalue weighted by molar-refractivity contribution is 0.0640. The van der Waals surface area contributed by atoms with Gasteiger partial charge in [-0.25, -0.2) is 0 Å². The Morgan fingerprint density at radius 1 is 1.14 bits per heavy atom. The van der Waals surface area contributed by atoms with Gasteiger partial charge < -0.3 is 14.6 Å². The van der Waals surface area contributed by atoms with Gasteiger partial charge in [-0.05, 0) is 87.3 Å². The fourth-order valence-corrected chi connectivity index (χ4v) is 4.43. The molecule has 1 saturated heterocycles. The lowest BCUT2D eigenvalue weighted by Crippen LogP contribution is -2.16. The molecule has 3 aromatic rings. The molecule has 1 aliphatic heterocycles. The third-order valence-electron chi connectivity index (χ3n) is 6.66. The van der Waals surface area contributed by atoms with Gasteiger partial charge in [-0.2, -0.15) is 10.5 Å². The SMILES string of the molecule is CC(C)(C#N)c1ccc(NCC#Cc2cc3cc(CCC4CCOCC4)ccc3n2CC#N)cn1. The molecule has 1 aliphatic rings. The normalized spacial score (nSPS) is 14.1. The first kappa shape index (κ1) is 24.3. The first-order chi connectivity index (χ1) is 17.0. The number of nitrogens with zero attached hydrogens (tertiary/aromatic N) is 4. The van der Waals surface area contributed by atoms with Gasteiger partial charge in [0, 0.05) is 18.6 Å². The molecule has 0 radical (unpaired) electrons. The predicted octanol–water partition coefficient (Wildman–Crippen LogP) is 5.18. The fourth-order valence-electron chi connectivity index (χ4n) is 4.43. The molecule has 0 aliphatic carbocycles. The third-order valence-corrected chi connectivity index (χ3v) is 6.66. The fraction of sp³-hybridized carbons (Fsp3) is 0.414. The summed E-state index contributed by atoms with van der Waals surface area (Å²) in [6.45, 7) is 6.19. The van der Waals surface area contributed by atoms with Crippen LogP contribution < -0.4 is 5.32 Å². The third kappa shape index (κ3) is 6.02. The molecule has 6 heteroatoms. The van der Waals surface area contributed by atoms with E-state index in [4.69, 9.17) is 4.74 Å². The molecule has 0 unspecified atom stereocenters. The minimum atomic E-state index is -0.614. The maximum Gasteiger partial charge on any atom is 0.111 e. The average molecular weight is 466 g/mol. The number of anilines is 1. The van der Waals surface area contributed by atoms with Crippen LogP contribution in [0.1, 0.15) is 50.1 Å². The second-order valence-electron chi connectivity index (χ2n) is 9.59. The first-order valence-corrected chi connectivity index (χ1v) is 12.2. The Bertz CT molecular complexity index is 1310. The number of nitrogens with one attached hydrogen (secondary N) is 1. The summed E-state index contributed by atoms with van der Waals surface area (Å²) in [5, 5.41) is 23.0. The van der Waals surface area contributed by atoms with Crippen LogP contribution in [0.15, 0.2) is 42.6 Å². The standard InChI is InChI=1S/C29H31N5O/c1-29(2,21-31)28-10-8-25(20-33-28)32-14-3-4-26-19-24-18-23(6-5-22-11-16-35-17-12-22)7-9-27(24)34(26)15-13-30/h7-10,18-20,22,32H,5-6,11-12,14-17H2,1-2H3. The molecular weight excluding hydrogens is 434 g/mol. The zero-order chi connectivity index (χ0) is 24.7. The number of aryl methyl sites for hydroxylation is 1. The summed E-state index contributed by atoms with van der Waals surface area (Å²) in [5.74, 6) is 7.14. The quantitative estimate of drug-likeness (QED) is 0.486. The molecule has 2 aromatic heterocycles. The van der Waals surface area contributed by atoms with E-state index < -0.39 is 5.41 Å². The molecule has 3 heterocycles. The lowest BCUT2D eigenvalue weighted by atomic mass is 9.91. The van der Waals surface area contributed by atoms with Crippen LogP contribution in [0, 0.1) is 40.4 Å². The van der Waals surface area contributed by atoms with Crippen LogP contribution >= 0.6 is 0 Å². The van der Waals surface area contributed by atoms with Crippen molar-refractivity contribution in [1.29, 1.82) is 10.5 Å². The first-order valence-electron chi connectivity index (χ1n) is 12.2. The highest BCUT2D eigenvalue weighted by molar-refractivity contribution is 5.83. The zero-order valence-corrected chi connectivity index (χ0v) is 20.5. The van der Waals surface area contributed by atoms with Crippen LogP contribution in [0.25, 0.3) is 10.9 Å². The van der Waals surface area contributed by atoms with Gasteiger partial charge in [0.1, 0.15) is 6.54 Å². The van der Waals surface area contributed by atoms with Crippen LogP contribution in [0.4, 0.5) is 5.69 Å². The van der Waals surface area contributed by atoms with Gasteiger partial charge in [0.05, 0.1) is 52.9 Å². The van der Waals surface area contributed by atoms with Crippen molar-refractivity contribution in [2.45, 2.75) is 51.5 Å². The number of pyridine rings is 1. The molecule has 0 amide bonds. The minimum Gasteiger partial charge on any atom is -0.381 e. The number of hydrogen-bond acceptors (Lipinski definition) is 5. The zero-order valence-electron chi connectivity index (χ0n) is 20.5. The Balaban J connectivity index is 1.43. The van der Waals surface area contributed by atoms with Gasteiger partial charge in [0.15, 0.2) is 0 Å². The average Bonchev–Trinajstić information content (AvgIpc) is 3.23. The summed E-state index contributed by atoms with van der Waals surface area (Å²) < 4.78 is 7.45. The van der Waals surface area contributed by atoms with Gasteiger partial charge in [0.25, 0.3) is 0 Å². The van der Waals surface area contributed by atoms with Gasteiger partial charge in [-0.1, -0.05) is 12.0 Å². The van der Waals surface area contributed by atoms with E-state index >= 15 is 0 Å². The maximum absolute atomic E-state index is 9.35. The van der Waals surface area contributed by atoms with Crippen molar-refractivity contribution in [3.63, 3.8) is 0 Å². The van der Waals surface area contributed by atoms with Crippen LogP contribution in [0.3, 0.4) is 0 Å². The van der Waals surface area contributed by atoms with Crippen LogP contribution in [0.2, 0.25) is 0 Å². The van der Waals surface area contributed by atoms with E-state index in [9.17, 15) is 10.5 Å². The molecule has 1 aromatic carbocycles. The minimum absolute atomic E-state index is 0.266. The van der Waals surface area contributed by atoms with Crippen molar-refractivity contribution >= 4 is 16.6 Å². The molecule has 0 saturated carbocycles. The lowest BCUT2D eigenvalue weighted by Gasteiger charge is -2.21. The van der Waals surface area contributed by atoms with Crippen LogP contribution in [0.5, 0.6) is 0 Å². The highest BCUT2D eigenvalue weighted by Gasteiger charge is 2.21. The number of ether oxygens (including phenoxy) is 1. The monoisotopic (exact) mass is 465 g/mol. The number of rotatable bonds is 7. The molecule has 4 rings (SSSR count). The number of hydrogen-bond donors (Lipinski definition) is 1.